The Balaban J connectivity index is 0.00000210. The van der Waals surface area contributed by atoms with Gasteiger partial charge >= 0.3 is 0 Å². The van der Waals surface area contributed by atoms with Gasteiger partial charge in [0.05, 0.1) is 19.1 Å². The molecule has 144 valence electrons. The molecule has 0 saturated carbocycles. The maximum atomic E-state index is 13.1. The predicted octanol–water partition coefficient (Wildman–Crippen LogP) is 3.47. The van der Waals surface area contributed by atoms with Crippen LogP contribution in [0, 0.1) is 11.8 Å². The number of rotatable bonds is 5. The molecule has 2 fully saturated rings. The molecule has 0 aromatic heterocycles. The largest absolute Gasteiger partial charge is 0.494 e. The molecule has 2 saturated heterocycles. The van der Waals surface area contributed by atoms with Gasteiger partial charge in [-0.25, -0.2) is 0 Å². The van der Waals surface area contributed by atoms with E-state index in [2.05, 4.69) is 34.5 Å². The smallest absolute Gasteiger partial charge is 0.227 e. The van der Waals surface area contributed by atoms with Gasteiger partial charge in [0, 0.05) is 25.6 Å². The van der Waals surface area contributed by atoms with Crippen molar-refractivity contribution in [3.63, 3.8) is 0 Å². The van der Waals surface area contributed by atoms with Crippen molar-refractivity contribution in [3.05, 3.63) is 65.7 Å². The first-order valence-corrected chi connectivity index (χ1v) is 9.53. The lowest BCUT2D eigenvalue weighted by Crippen LogP contribution is -2.35. The SMILES string of the molecule is CCOc1ccc(CC(=O)N2C[C@@H]3CNC[C@@H]3[C@@H]2c2ccccc2)cc1.Cl. The van der Waals surface area contributed by atoms with E-state index in [1.54, 1.807) is 0 Å². The second-order valence-electron chi connectivity index (χ2n) is 7.24. The molecule has 2 aliphatic rings. The van der Waals surface area contributed by atoms with Crippen LogP contribution in [0.3, 0.4) is 0 Å². The Morgan fingerprint density at radius 1 is 1.11 bits per heavy atom. The van der Waals surface area contributed by atoms with Crippen LogP contribution in [0.15, 0.2) is 54.6 Å². The topological polar surface area (TPSA) is 41.6 Å². The number of carbonyl (C=O) groups is 1. The highest BCUT2D eigenvalue weighted by Crippen LogP contribution is 2.42. The number of likely N-dealkylation sites (tertiary alicyclic amines) is 1. The van der Waals surface area contributed by atoms with Gasteiger partial charge in [0.25, 0.3) is 0 Å². The van der Waals surface area contributed by atoms with Crippen molar-refractivity contribution in [1.29, 1.82) is 0 Å². The van der Waals surface area contributed by atoms with Crippen LogP contribution in [-0.2, 0) is 11.2 Å². The van der Waals surface area contributed by atoms with E-state index in [0.29, 0.717) is 24.9 Å². The van der Waals surface area contributed by atoms with Crippen molar-refractivity contribution in [2.45, 2.75) is 19.4 Å². The molecule has 0 bridgehead atoms. The minimum Gasteiger partial charge on any atom is -0.494 e. The minimum atomic E-state index is 0. The molecule has 0 spiro atoms. The van der Waals surface area contributed by atoms with E-state index in [1.807, 2.05) is 37.3 Å². The fourth-order valence-corrected chi connectivity index (χ4v) is 4.40. The zero-order valence-electron chi connectivity index (χ0n) is 15.6. The molecular weight excluding hydrogens is 360 g/mol. The zero-order chi connectivity index (χ0) is 17.9. The van der Waals surface area contributed by atoms with Gasteiger partial charge in [0.15, 0.2) is 0 Å². The number of benzene rings is 2. The summed E-state index contributed by atoms with van der Waals surface area (Å²) in [5, 5.41) is 3.50. The Kier molecular flexibility index (Phi) is 6.40. The standard InChI is InChI=1S/C22H26N2O2.ClH/c1-2-26-19-10-8-16(9-11-19)12-21(25)24-15-18-13-23-14-20(18)22(24)17-6-4-3-5-7-17;/h3-11,18,20,22-23H,2,12-15H2,1H3;1H/t18-,20-,22-;/m0./s1. The van der Waals surface area contributed by atoms with Gasteiger partial charge < -0.3 is 15.0 Å². The molecule has 2 aliphatic heterocycles. The quantitative estimate of drug-likeness (QED) is 0.855. The highest BCUT2D eigenvalue weighted by atomic mass is 35.5. The first-order chi connectivity index (χ1) is 12.8. The van der Waals surface area contributed by atoms with E-state index < -0.39 is 0 Å². The average molecular weight is 387 g/mol. The number of hydrogen-bond acceptors (Lipinski definition) is 3. The van der Waals surface area contributed by atoms with Crippen LogP contribution in [0.1, 0.15) is 24.1 Å². The van der Waals surface area contributed by atoms with Crippen LogP contribution < -0.4 is 10.1 Å². The monoisotopic (exact) mass is 386 g/mol. The number of nitrogens with one attached hydrogen (secondary N) is 1. The van der Waals surface area contributed by atoms with E-state index in [4.69, 9.17) is 4.74 Å². The van der Waals surface area contributed by atoms with Crippen molar-refractivity contribution in [1.82, 2.24) is 10.2 Å². The van der Waals surface area contributed by atoms with E-state index in [1.165, 1.54) is 5.56 Å². The maximum absolute atomic E-state index is 13.1. The van der Waals surface area contributed by atoms with Gasteiger partial charge in [-0.3, -0.25) is 4.79 Å². The Hall–Kier alpha value is -2.04. The highest BCUT2D eigenvalue weighted by Gasteiger charge is 2.46. The lowest BCUT2D eigenvalue weighted by Gasteiger charge is -2.28. The summed E-state index contributed by atoms with van der Waals surface area (Å²) in [5.74, 6) is 2.15. The van der Waals surface area contributed by atoms with Crippen LogP contribution in [0.2, 0.25) is 0 Å². The summed E-state index contributed by atoms with van der Waals surface area (Å²) >= 11 is 0. The molecule has 2 aromatic rings. The molecule has 1 N–H and O–H groups in total. The number of ether oxygens (including phenoxy) is 1. The average Bonchev–Trinajstić information content (AvgIpc) is 3.25. The summed E-state index contributed by atoms with van der Waals surface area (Å²) in [6.07, 6.45) is 0.447. The fourth-order valence-electron chi connectivity index (χ4n) is 4.40. The first kappa shape index (κ1) is 19.7. The second kappa shape index (κ2) is 8.77. The third kappa shape index (κ3) is 4.12. The third-order valence-corrected chi connectivity index (χ3v) is 5.62. The van der Waals surface area contributed by atoms with Crippen molar-refractivity contribution < 1.29 is 9.53 Å². The summed E-state index contributed by atoms with van der Waals surface area (Å²) in [7, 11) is 0. The minimum absolute atomic E-state index is 0. The van der Waals surface area contributed by atoms with E-state index in [9.17, 15) is 4.79 Å². The number of halogens is 1. The van der Waals surface area contributed by atoms with Gasteiger partial charge in [0.2, 0.25) is 5.91 Å². The van der Waals surface area contributed by atoms with Gasteiger partial charge in [-0.15, -0.1) is 12.4 Å². The van der Waals surface area contributed by atoms with Gasteiger partial charge in [-0.1, -0.05) is 42.5 Å². The Labute approximate surface area is 167 Å². The molecule has 2 aromatic carbocycles. The number of nitrogens with zero attached hydrogens (tertiary/aromatic N) is 1. The van der Waals surface area contributed by atoms with Gasteiger partial charge in [-0.2, -0.15) is 0 Å². The van der Waals surface area contributed by atoms with Gasteiger partial charge in [-0.05, 0) is 36.1 Å². The highest BCUT2D eigenvalue weighted by molar-refractivity contribution is 5.85. The van der Waals surface area contributed by atoms with E-state index in [-0.39, 0.29) is 24.4 Å². The second-order valence-corrected chi connectivity index (χ2v) is 7.24. The molecule has 3 atom stereocenters. The zero-order valence-corrected chi connectivity index (χ0v) is 16.5. The number of hydrogen-bond donors (Lipinski definition) is 1. The molecule has 0 radical (unpaired) electrons. The fraction of sp³-hybridized carbons (Fsp3) is 0.409. The molecular formula is C22H27ClN2O2. The molecule has 4 rings (SSSR count). The lowest BCUT2D eigenvalue weighted by atomic mass is 9.89. The van der Waals surface area contributed by atoms with Crippen molar-refractivity contribution >= 4 is 18.3 Å². The Morgan fingerprint density at radius 3 is 2.56 bits per heavy atom. The van der Waals surface area contributed by atoms with E-state index in [0.717, 1.165) is 30.9 Å². The Morgan fingerprint density at radius 2 is 1.85 bits per heavy atom. The molecule has 0 aliphatic carbocycles. The molecule has 1 amide bonds. The third-order valence-electron chi connectivity index (χ3n) is 5.62. The molecule has 4 nitrogen and oxygen atoms in total. The predicted molar refractivity (Wildman–Crippen MR) is 109 cm³/mol. The van der Waals surface area contributed by atoms with E-state index >= 15 is 0 Å². The maximum Gasteiger partial charge on any atom is 0.227 e. The molecule has 27 heavy (non-hydrogen) atoms. The number of amides is 1. The number of fused-ring (bicyclic) bond motifs is 1. The van der Waals surface area contributed by atoms with Crippen LogP contribution in [0.5, 0.6) is 5.75 Å². The van der Waals surface area contributed by atoms with Gasteiger partial charge in [0.1, 0.15) is 5.75 Å². The van der Waals surface area contributed by atoms with Crippen molar-refractivity contribution in [2.24, 2.45) is 11.8 Å². The lowest BCUT2D eigenvalue weighted by molar-refractivity contribution is -0.131. The summed E-state index contributed by atoms with van der Waals surface area (Å²) in [6.45, 7) is 5.49. The summed E-state index contributed by atoms with van der Waals surface area (Å²) < 4.78 is 5.49. The van der Waals surface area contributed by atoms with Crippen molar-refractivity contribution in [3.8, 4) is 5.75 Å². The van der Waals surface area contributed by atoms with Crippen LogP contribution in [-0.4, -0.2) is 37.0 Å². The molecule has 5 heteroatoms. The van der Waals surface area contributed by atoms with Crippen molar-refractivity contribution in [2.75, 3.05) is 26.2 Å². The summed E-state index contributed by atoms with van der Waals surface area (Å²) in [5.41, 5.74) is 2.30. The summed E-state index contributed by atoms with van der Waals surface area (Å²) in [4.78, 5) is 15.2. The Bertz CT molecular complexity index is 751. The normalized spacial score (nSPS) is 23.6. The number of carbonyl (C=O) groups excluding carboxylic acids is 1. The van der Waals surface area contributed by atoms with Crippen LogP contribution >= 0.6 is 12.4 Å². The molecule has 2 heterocycles. The van der Waals surface area contributed by atoms with Crippen LogP contribution in [0.4, 0.5) is 0 Å². The first-order valence-electron chi connectivity index (χ1n) is 9.53. The molecule has 0 unspecified atom stereocenters. The van der Waals surface area contributed by atoms with Crippen LogP contribution in [0.25, 0.3) is 0 Å². The summed E-state index contributed by atoms with van der Waals surface area (Å²) in [6, 6.07) is 18.6.